The second kappa shape index (κ2) is 11.3. The first-order valence-electron chi connectivity index (χ1n) is 8.31. The van der Waals surface area contributed by atoms with E-state index in [1.165, 1.54) is 0 Å². The lowest BCUT2D eigenvalue weighted by Crippen LogP contribution is -2.48. The highest BCUT2D eigenvalue weighted by molar-refractivity contribution is 14.0. The quantitative estimate of drug-likeness (QED) is 0.277. The summed E-state index contributed by atoms with van der Waals surface area (Å²) in [7, 11) is 0.928. The molecule has 2 N–H and O–H groups in total. The Morgan fingerprint density at radius 2 is 2.00 bits per heavy atom. The van der Waals surface area contributed by atoms with Crippen molar-refractivity contribution in [1.82, 2.24) is 10.6 Å². The number of carbonyl (C=O) groups is 1. The number of ether oxygens (including phenoxy) is 1. The molecule has 0 spiro atoms. The largest absolute Gasteiger partial charge is 0.459 e. The van der Waals surface area contributed by atoms with E-state index < -0.39 is 16.4 Å². The second-order valence-corrected chi connectivity index (χ2v) is 8.82. The zero-order chi connectivity index (χ0) is 17.5. The van der Waals surface area contributed by atoms with Crippen LogP contribution in [-0.2, 0) is 20.3 Å². The molecule has 0 bridgehead atoms. The first-order chi connectivity index (χ1) is 10.7. The van der Waals surface area contributed by atoms with Crippen molar-refractivity contribution in [3.63, 3.8) is 0 Å². The maximum atomic E-state index is 12.0. The summed E-state index contributed by atoms with van der Waals surface area (Å²) in [5.41, 5.74) is -0.490. The molecule has 8 heteroatoms. The zero-order valence-electron chi connectivity index (χ0n) is 15.4. The number of nitrogens with one attached hydrogen (secondary N) is 2. The number of halogens is 1. The van der Waals surface area contributed by atoms with Gasteiger partial charge in [-0.2, -0.15) is 0 Å². The fourth-order valence-corrected chi connectivity index (χ4v) is 4.02. The van der Waals surface area contributed by atoms with Gasteiger partial charge in [0, 0.05) is 34.9 Å². The van der Waals surface area contributed by atoms with Crippen molar-refractivity contribution in [2.45, 2.75) is 70.3 Å². The number of rotatable bonds is 5. The van der Waals surface area contributed by atoms with E-state index in [-0.39, 0.29) is 47.8 Å². The summed E-state index contributed by atoms with van der Waals surface area (Å²) >= 11 is 0. The van der Waals surface area contributed by atoms with Gasteiger partial charge in [-0.3, -0.25) is 14.0 Å². The van der Waals surface area contributed by atoms with Gasteiger partial charge in [-0.15, -0.1) is 24.0 Å². The molecule has 3 atom stereocenters. The van der Waals surface area contributed by atoms with Gasteiger partial charge in [0.1, 0.15) is 12.1 Å². The van der Waals surface area contributed by atoms with Crippen molar-refractivity contribution in [3.8, 4) is 0 Å². The van der Waals surface area contributed by atoms with Crippen LogP contribution in [0, 0.1) is 0 Å². The molecule has 1 fully saturated rings. The van der Waals surface area contributed by atoms with E-state index in [9.17, 15) is 9.00 Å². The van der Waals surface area contributed by atoms with Crippen LogP contribution in [0.4, 0.5) is 0 Å². The molecule has 142 valence electrons. The fourth-order valence-electron chi connectivity index (χ4n) is 2.67. The van der Waals surface area contributed by atoms with Gasteiger partial charge in [0.25, 0.3) is 0 Å². The maximum absolute atomic E-state index is 12.0. The standard InChI is InChI=1S/C16H31N3O3S.HI/c1-6-23(21)13-9-7-8-12(10-13)19-15(17-5)18-11-14(20)22-16(2,3)4;/h12-13H,6-11H2,1-5H3,(H2,17,18,19);1H. The van der Waals surface area contributed by atoms with Crippen LogP contribution < -0.4 is 10.6 Å². The Balaban J connectivity index is 0.00000529. The van der Waals surface area contributed by atoms with Crippen molar-refractivity contribution in [2.75, 3.05) is 19.3 Å². The average Bonchev–Trinajstić information content (AvgIpc) is 2.49. The molecular formula is C16H32IN3O3S. The molecule has 0 aromatic heterocycles. The highest BCUT2D eigenvalue weighted by Crippen LogP contribution is 2.22. The maximum Gasteiger partial charge on any atom is 0.325 e. The molecule has 3 unspecified atom stereocenters. The van der Waals surface area contributed by atoms with Crippen LogP contribution in [0.3, 0.4) is 0 Å². The van der Waals surface area contributed by atoms with Crippen LogP contribution in [0.25, 0.3) is 0 Å². The second-order valence-electron chi connectivity index (χ2n) is 6.81. The topological polar surface area (TPSA) is 79.8 Å². The monoisotopic (exact) mass is 473 g/mol. The van der Waals surface area contributed by atoms with Gasteiger partial charge in [-0.25, -0.2) is 0 Å². The predicted molar refractivity (Wildman–Crippen MR) is 110 cm³/mol. The summed E-state index contributed by atoms with van der Waals surface area (Å²) in [6.45, 7) is 7.57. The Bertz CT molecular complexity index is 452. The van der Waals surface area contributed by atoms with Crippen LogP contribution in [0.5, 0.6) is 0 Å². The minimum atomic E-state index is -0.748. The molecule has 6 nitrogen and oxygen atoms in total. The van der Waals surface area contributed by atoms with Crippen molar-refractivity contribution in [1.29, 1.82) is 0 Å². The Hall–Kier alpha value is -0.380. The smallest absolute Gasteiger partial charge is 0.325 e. The third-order valence-electron chi connectivity index (χ3n) is 3.67. The van der Waals surface area contributed by atoms with Crippen molar-refractivity contribution >= 4 is 46.7 Å². The number of carbonyl (C=O) groups excluding carboxylic acids is 1. The molecule has 0 saturated heterocycles. The van der Waals surface area contributed by atoms with E-state index in [0.29, 0.717) is 11.7 Å². The molecule has 0 radical (unpaired) electrons. The Kier molecular flexibility index (Phi) is 11.1. The van der Waals surface area contributed by atoms with Gasteiger partial charge in [0.2, 0.25) is 0 Å². The van der Waals surface area contributed by atoms with Crippen LogP contribution in [0.2, 0.25) is 0 Å². The fraction of sp³-hybridized carbons (Fsp3) is 0.875. The third kappa shape index (κ3) is 9.19. The third-order valence-corrected chi connectivity index (χ3v) is 5.41. The minimum absolute atomic E-state index is 0. The van der Waals surface area contributed by atoms with E-state index >= 15 is 0 Å². The lowest BCUT2D eigenvalue weighted by atomic mass is 9.95. The SMILES string of the molecule is CCS(=O)C1CCCC(NC(=NC)NCC(=O)OC(C)(C)C)C1.I. The van der Waals surface area contributed by atoms with Gasteiger partial charge < -0.3 is 15.4 Å². The lowest BCUT2D eigenvalue weighted by molar-refractivity contribution is -0.153. The average molecular weight is 473 g/mol. The molecule has 0 aromatic rings. The number of nitrogens with zero attached hydrogens (tertiary/aromatic N) is 1. The molecule has 0 aliphatic heterocycles. The van der Waals surface area contributed by atoms with E-state index in [2.05, 4.69) is 15.6 Å². The van der Waals surface area contributed by atoms with Crippen LogP contribution in [0.15, 0.2) is 4.99 Å². The summed E-state index contributed by atoms with van der Waals surface area (Å²) in [4.78, 5) is 15.9. The van der Waals surface area contributed by atoms with Crippen molar-refractivity contribution in [2.24, 2.45) is 4.99 Å². The summed E-state index contributed by atoms with van der Waals surface area (Å²) in [6, 6.07) is 0.245. The number of guanidine groups is 1. The Labute approximate surface area is 165 Å². The van der Waals surface area contributed by atoms with E-state index in [1.54, 1.807) is 7.05 Å². The molecular weight excluding hydrogens is 441 g/mol. The summed E-state index contributed by atoms with van der Waals surface area (Å²) in [6.07, 6.45) is 4.01. The molecule has 24 heavy (non-hydrogen) atoms. The normalized spacial score (nSPS) is 23.0. The molecule has 1 rings (SSSR count). The Morgan fingerprint density at radius 3 is 2.54 bits per heavy atom. The number of hydrogen-bond acceptors (Lipinski definition) is 4. The van der Waals surface area contributed by atoms with E-state index in [4.69, 9.17) is 4.74 Å². The van der Waals surface area contributed by atoms with Crippen LogP contribution >= 0.6 is 24.0 Å². The minimum Gasteiger partial charge on any atom is -0.459 e. The Morgan fingerprint density at radius 1 is 1.33 bits per heavy atom. The molecule has 1 aliphatic carbocycles. The molecule has 0 amide bonds. The van der Waals surface area contributed by atoms with Gasteiger partial charge in [-0.1, -0.05) is 13.3 Å². The highest BCUT2D eigenvalue weighted by atomic mass is 127. The highest BCUT2D eigenvalue weighted by Gasteiger charge is 2.26. The van der Waals surface area contributed by atoms with Crippen molar-refractivity contribution in [3.05, 3.63) is 0 Å². The van der Waals surface area contributed by atoms with Crippen molar-refractivity contribution < 1.29 is 13.7 Å². The number of esters is 1. The van der Waals surface area contributed by atoms with Gasteiger partial charge >= 0.3 is 5.97 Å². The summed E-state index contributed by atoms with van der Waals surface area (Å²) < 4.78 is 17.3. The van der Waals surface area contributed by atoms with Crippen LogP contribution in [0.1, 0.15) is 53.4 Å². The van der Waals surface area contributed by atoms with Gasteiger partial charge in [0.15, 0.2) is 5.96 Å². The zero-order valence-corrected chi connectivity index (χ0v) is 18.5. The number of hydrogen-bond donors (Lipinski definition) is 2. The first kappa shape index (κ1) is 23.6. The van der Waals surface area contributed by atoms with Gasteiger partial charge in [0.05, 0.1) is 0 Å². The molecule has 1 aliphatic rings. The molecule has 0 aromatic carbocycles. The first-order valence-corrected chi connectivity index (χ1v) is 9.69. The number of aliphatic imine (C=N–C) groups is 1. The predicted octanol–water partition coefficient (Wildman–Crippen LogP) is 2.19. The summed E-state index contributed by atoms with van der Waals surface area (Å²) in [5.74, 6) is 0.987. The molecule has 0 heterocycles. The summed E-state index contributed by atoms with van der Waals surface area (Å²) in [5, 5.41) is 6.57. The molecule has 1 saturated carbocycles. The lowest BCUT2D eigenvalue weighted by Gasteiger charge is -2.30. The van der Waals surface area contributed by atoms with Crippen LogP contribution in [-0.4, -0.2) is 52.4 Å². The van der Waals surface area contributed by atoms with E-state index in [0.717, 1.165) is 25.7 Å². The van der Waals surface area contributed by atoms with E-state index in [1.807, 2.05) is 27.7 Å². The van der Waals surface area contributed by atoms with Gasteiger partial charge in [-0.05, 0) is 40.0 Å².